The molecule has 0 fully saturated rings. The van der Waals surface area contributed by atoms with Crippen LogP contribution in [0.4, 0.5) is 10.3 Å². The van der Waals surface area contributed by atoms with E-state index in [1.54, 1.807) is 6.07 Å². The number of hydrogen-bond donors (Lipinski definition) is 1. The second-order valence-electron chi connectivity index (χ2n) is 3.87. The first-order chi connectivity index (χ1) is 9.16. The maximum Gasteiger partial charge on any atom is 0.231 e. The zero-order valence-electron chi connectivity index (χ0n) is 9.56. The highest BCUT2D eigenvalue weighted by molar-refractivity contribution is 9.10. The van der Waals surface area contributed by atoms with Crippen molar-refractivity contribution in [3.8, 4) is 21.7 Å². The van der Waals surface area contributed by atoms with Gasteiger partial charge in [0.25, 0.3) is 0 Å². The third-order valence-corrected chi connectivity index (χ3v) is 4.25. The molecule has 0 radical (unpaired) electrons. The van der Waals surface area contributed by atoms with Crippen LogP contribution in [0.2, 0.25) is 0 Å². The van der Waals surface area contributed by atoms with Gasteiger partial charge in [0.15, 0.2) is 0 Å². The van der Waals surface area contributed by atoms with E-state index in [1.807, 2.05) is 17.5 Å². The first kappa shape index (κ1) is 12.4. The molecule has 96 valence electrons. The zero-order valence-corrected chi connectivity index (χ0v) is 12.0. The number of nitrogen functional groups attached to an aromatic ring is 1. The molecular weight excluding hydrogens is 331 g/mol. The van der Waals surface area contributed by atoms with E-state index in [2.05, 4.69) is 21.1 Å². The van der Waals surface area contributed by atoms with Gasteiger partial charge < -0.3 is 10.3 Å². The zero-order chi connectivity index (χ0) is 13.4. The van der Waals surface area contributed by atoms with Gasteiger partial charge in [0, 0.05) is 14.9 Å². The van der Waals surface area contributed by atoms with Gasteiger partial charge in [-0.3, -0.25) is 0 Å². The van der Waals surface area contributed by atoms with Crippen molar-refractivity contribution < 1.29 is 8.91 Å². The average Bonchev–Trinajstić information content (AvgIpc) is 3.01. The van der Waals surface area contributed by atoms with Crippen molar-refractivity contribution in [3.05, 3.63) is 46.0 Å². The Morgan fingerprint density at radius 3 is 2.89 bits per heavy atom. The van der Waals surface area contributed by atoms with Crippen molar-refractivity contribution in [2.24, 2.45) is 0 Å². The fraction of sp³-hybridized carbons (Fsp3) is 0. The first-order valence-electron chi connectivity index (χ1n) is 5.41. The van der Waals surface area contributed by atoms with Gasteiger partial charge in [-0.05, 0) is 29.6 Å². The van der Waals surface area contributed by atoms with Crippen molar-refractivity contribution in [2.45, 2.75) is 0 Å². The van der Waals surface area contributed by atoms with E-state index in [0.29, 0.717) is 16.8 Å². The summed E-state index contributed by atoms with van der Waals surface area (Å²) in [6.45, 7) is 0. The Balaban J connectivity index is 2.24. The summed E-state index contributed by atoms with van der Waals surface area (Å²) in [6, 6.07) is 8.25. The van der Waals surface area contributed by atoms with Gasteiger partial charge in [0.2, 0.25) is 5.88 Å². The molecule has 2 heterocycles. The quantitative estimate of drug-likeness (QED) is 0.745. The second kappa shape index (κ2) is 4.79. The third kappa shape index (κ3) is 2.17. The summed E-state index contributed by atoms with van der Waals surface area (Å²) in [6.07, 6.45) is 0. The van der Waals surface area contributed by atoms with Gasteiger partial charge in [0.1, 0.15) is 11.5 Å². The number of nitrogens with two attached hydrogens (primary N) is 1. The minimum Gasteiger partial charge on any atom is -0.367 e. The van der Waals surface area contributed by atoms with E-state index < -0.39 is 0 Å². The van der Waals surface area contributed by atoms with Crippen LogP contribution in [0.5, 0.6) is 0 Å². The highest BCUT2D eigenvalue weighted by Crippen LogP contribution is 2.40. The van der Waals surface area contributed by atoms with Crippen molar-refractivity contribution in [2.75, 3.05) is 5.73 Å². The number of halogens is 2. The maximum absolute atomic E-state index is 13.4. The van der Waals surface area contributed by atoms with Crippen LogP contribution in [0.1, 0.15) is 0 Å². The minimum atomic E-state index is -0.336. The predicted octanol–water partition coefficient (Wildman–Crippen LogP) is 4.55. The second-order valence-corrected chi connectivity index (χ2v) is 5.67. The van der Waals surface area contributed by atoms with Crippen LogP contribution in [0.15, 0.2) is 44.7 Å². The summed E-state index contributed by atoms with van der Waals surface area (Å²) in [5.41, 5.74) is 7.67. The summed E-state index contributed by atoms with van der Waals surface area (Å²) in [5, 5.41) is 5.89. The van der Waals surface area contributed by atoms with E-state index in [0.717, 1.165) is 9.35 Å². The smallest absolute Gasteiger partial charge is 0.231 e. The van der Waals surface area contributed by atoms with E-state index in [1.165, 1.54) is 23.5 Å². The lowest BCUT2D eigenvalue weighted by molar-refractivity contribution is 0.439. The third-order valence-electron chi connectivity index (χ3n) is 2.67. The topological polar surface area (TPSA) is 52.0 Å². The molecule has 0 bridgehead atoms. The number of benzene rings is 1. The van der Waals surface area contributed by atoms with Gasteiger partial charge in [-0.25, -0.2) is 4.39 Å². The molecule has 0 aliphatic rings. The normalized spacial score (nSPS) is 10.8. The molecule has 0 saturated carbocycles. The highest BCUT2D eigenvalue weighted by Gasteiger charge is 2.20. The number of thiophene rings is 1. The molecule has 0 spiro atoms. The van der Waals surface area contributed by atoms with Crippen LogP contribution in [0.3, 0.4) is 0 Å². The lowest BCUT2D eigenvalue weighted by Gasteiger charge is -2.03. The van der Waals surface area contributed by atoms with E-state index >= 15 is 0 Å². The van der Waals surface area contributed by atoms with E-state index in [4.69, 9.17) is 10.3 Å². The highest BCUT2D eigenvalue weighted by atomic mass is 79.9. The van der Waals surface area contributed by atoms with E-state index in [-0.39, 0.29) is 11.7 Å². The number of aromatic nitrogens is 1. The Labute approximate surface area is 121 Å². The molecule has 3 aromatic rings. The Morgan fingerprint density at radius 1 is 1.32 bits per heavy atom. The average molecular weight is 339 g/mol. The molecule has 19 heavy (non-hydrogen) atoms. The summed E-state index contributed by atoms with van der Waals surface area (Å²) >= 11 is 4.91. The lowest BCUT2D eigenvalue weighted by atomic mass is 10.1. The van der Waals surface area contributed by atoms with Crippen molar-refractivity contribution in [1.29, 1.82) is 0 Å². The molecular formula is C13H8BrFN2OS. The summed E-state index contributed by atoms with van der Waals surface area (Å²) in [7, 11) is 0. The van der Waals surface area contributed by atoms with Gasteiger partial charge in [-0.2, -0.15) is 0 Å². The molecule has 0 unspecified atom stereocenters. The minimum absolute atomic E-state index is 0.230. The van der Waals surface area contributed by atoms with Crippen LogP contribution in [0.25, 0.3) is 21.7 Å². The Hall–Kier alpha value is -1.66. The van der Waals surface area contributed by atoms with Crippen molar-refractivity contribution in [3.63, 3.8) is 0 Å². The molecule has 0 atom stereocenters. The van der Waals surface area contributed by atoms with Crippen LogP contribution in [-0.2, 0) is 0 Å². The molecule has 0 amide bonds. The van der Waals surface area contributed by atoms with Crippen molar-refractivity contribution >= 4 is 33.2 Å². The molecule has 3 nitrogen and oxygen atoms in total. The summed E-state index contributed by atoms with van der Waals surface area (Å²) in [4.78, 5) is 0.935. The fourth-order valence-corrected chi connectivity index (χ4v) is 3.03. The largest absolute Gasteiger partial charge is 0.367 e. The SMILES string of the molecule is Nc1onc(-c2cc(F)ccc2Br)c1-c1cccs1. The first-order valence-corrected chi connectivity index (χ1v) is 7.08. The number of anilines is 1. The fourth-order valence-electron chi connectivity index (χ4n) is 1.82. The molecule has 2 N–H and O–H groups in total. The standard InChI is InChI=1S/C13H8BrFN2OS/c14-9-4-3-7(15)6-8(9)12-11(13(16)18-17-12)10-2-1-5-19-10/h1-6H,16H2. The van der Waals surface area contributed by atoms with Crippen LogP contribution >= 0.6 is 27.3 Å². The van der Waals surface area contributed by atoms with Gasteiger partial charge in [0.05, 0.1) is 5.56 Å². The number of hydrogen-bond acceptors (Lipinski definition) is 4. The molecule has 0 aliphatic carbocycles. The molecule has 0 aliphatic heterocycles. The van der Waals surface area contributed by atoms with Gasteiger partial charge in [-0.1, -0.05) is 27.2 Å². The maximum atomic E-state index is 13.4. The van der Waals surface area contributed by atoms with Crippen LogP contribution < -0.4 is 5.73 Å². The lowest BCUT2D eigenvalue weighted by Crippen LogP contribution is -1.87. The Morgan fingerprint density at radius 2 is 2.16 bits per heavy atom. The summed E-state index contributed by atoms with van der Waals surface area (Å²) in [5.74, 6) is -0.106. The molecule has 1 aromatic carbocycles. The monoisotopic (exact) mass is 338 g/mol. The van der Waals surface area contributed by atoms with E-state index in [9.17, 15) is 4.39 Å². The Kier molecular flexibility index (Phi) is 3.12. The molecule has 3 rings (SSSR count). The molecule has 6 heteroatoms. The molecule has 0 saturated heterocycles. The van der Waals surface area contributed by atoms with Crippen LogP contribution in [-0.4, -0.2) is 5.16 Å². The molecule has 2 aromatic heterocycles. The van der Waals surface area contributed by atoms with Gasteiger partial charge >= 0.3 is 0 Å². The summed E-state index contributed by atoms with van der Waals surface area (Å²) < 4.78 is 19.2. The van der Waals surface area contributed by atoms with Gasteiger partial charge in [-0.15, -0.1) is 11.3 Å². The predicted molar refractivity (Wildman–Crippen MR) is 77.3 cm³/mol. The Bertz CT molecular complexity index is 724. The number of rotatable bonds is 2. The van der Waals surface area contributed by atoms with Crippen LogP contribution in [0, 0.1) is 5.82 Å². The van der Waals surface area contributed by atoms with Crippen molar-refractivity contribution in [1.82, 2.24) is 5.16 Å². The number of nitrogens with zero attached hydrogens (tertiary/aromatic N) is 1.